The van der Waals surface area contributed by atoms with Crippen molar-refractivity contribution in [3.8, 4) is 5.75 Å². The molecule has 0 atom stereocenters. The lowest BCUT2D eigenvalue weighted by Gasteiger charge is -2.00. The fraction of sp³-hybridized carbons (Fsp3) is 0.0909. The highest BCUT2D eigenvalue weighted by Gasteiger charge is 2.33. The highest BCUT2D eigenvalue weighted by Crippen LogP contribution is 2.29. The van der Waals surface area contributed by atoms with Gasteiger partial charge in [0.15, 0.2) is 0 Å². The lowest BCUT2D eigenvalue weighted by molar-refractivity contribution is 0.0984. The van der Waals surface area contributed by atoms with Crippen molar-refractivity contribution in [1.29, 1.82) is 0 Å². The number of hydrogen-bond donors (Lipinski definition) is 1. The van der Waals surface area contributed by atoms with Gasteiger partial charge in [0.1, 0.15) is 11.3 Å². The molecule has 4 nitrogen and oxygen atoms in total. The molecule has 1 N–H and O–H groups in total. The van der Waals surface area contributed by atoms with Gasteiger partial charge >= 0.3 is 0 Å². The van der Waals surface area contributed by atoms with Gasteiger partial charge in [0.25, 0.3) is 0 Å². The van der Waals surface area contributed by atoms with Gasteiger partial charge in [-0.2, -0.15) is 0 Å². The first-order valence-electron chi connectivity index (χ1n) is 4.31. The average Bonchev–Trinajstić information content (AvgIpc) is 2.51. The second kappa shape index (κ2) is 3.24. The summed E-state index contributed by atoms with van der Waals surface area (Å²) in [5, 5.41) is 8.77. The van der Waals surface area contributed by atoms with E-state index in [0.29, 0.717) is 17.6 Å². The monoisotopic (exact) mass is 204 g/mol. The highest BCUT2D eigenvalue weighted by molar-refractivity contribution is 6.39. The maximum atomic E-state index is 11.6. The average molecular weight is 204 g/mol. The van der Waals surface area contributed by atoms with Crippen LogP contribution in [0, 0.1) is 0 Å². The van der Waals surface area contributed by atoms with E-state index >= 15 is 0 Å². The largest absolute Gasteiger partial charge is 0.515 e. The highest BCUT2D eigenvalue weighted by atomic mass is 16.5. The first-order chi connectivity index (χ1) is 7.19. The predicted octanol–water partition coefficient (Wildman–Crippen LogP) is 1.52. The van der Waals surface area contributed by atoms with E-state index in [2.05, 4.69) is 0 Å². The lowest BCUT2D eigenvalue weighted by Crippen LogP contribution is -1.99. The number of carbonyl (C=O) groups is 2. The van der Waals surface area contributed by atoms with Crippen LogP contribution in [-0.2, 0) is 0 Å². The summed E-state index contributed by atoms with van der Waals surface area (Å²) in [6, 6.07) is 4.61. The summed E-state index contributed by atoms with van der Waals surface area (Å²) in [5.74, 6) is -0.398. The smallest absolute Gasteiger partial charge is 0.200 e. The van der Waals surface area contributed by atoms with E-state index in [1.165, 1.54) is 19.2 Å². The quantitative estimate of drug-likeness (QED) is 0.428. The van der Waals surface area contributed by atoms with Crippen LogP contribution in [0.3, 0.4) is 0 Å². The summed E-state index contributed by atoms with van der Waals surface area (Å²) >= 11 is 0. The van der Waals surface area contributed by atoms with Gasteiger partial charge in [-0.1, -0.05) is 0 Å². The van der Waals surface area contributed by atoms with Crippen molar-refractivity contribution in [1.82, 2.24) is 0 Å². The number of allylic oxidation sites excluding steroid dienone is 1. The molecule has 4 heteroatoms. The number of fused-ring (bicyclic) bond motifs is 1. The van der Waals surface area contributed by atoms with Crippen molar-refractivity contribution in [2.24, 2.45) is 0 Å². The molecule has 0 spiro atoms. The SMILES string of the molecule is COc1ccc2c(c1)C(=O)C(=CO)C2=O. The molecule has 0 unspecified atom stereocenters. The second-order valence-corrected chi connectivity index (χ2v) is 3.11. The minimum absolute atomic E-state index is 0.196. The maximum Gasteiger partial charge on any atom is 0.200 e. The van der Waals surface area contributed by atoms with E-state index in [1.54, 1.807) is 6.07 Å². The van der Waals surface area contributed by atoms with Crippen molar-refractivity contribution in [2.45, 2.75) is 0 Å². The van der Waals surface area contributed by atoms with Crippen LogP contribution in [0.25, 0.3) is 0 Å². The van der Waals surface area contributed by atoms with Crippen LogP contribution < -0.4 is 4.74 Å². The molecule has 0 aliphatic heterocycles. The Morgan fingerprint density at radius 2 is 1.87 bits per heavy atom. The van der Waals surface area contributed by atoms with Crippen LogP contribution in [0.4, 0.5) is 0 Å². The normalized spacial score (nSPS) is 17.0. The van der Waals surface area contributed by atoms with Crippen LogP contribution in [-0.4, -0.2) is 23.8 Å². The molecule has 0 radical (unpaired) electrons. The standard InChI is InChI=1S/C11H8O4/c1-15-6-2-3-7-8(4-6)11(14)9(5-12)10(7)13/h2-5,12H,1H3. The van der Waals surface area contributed by atoms with Gasteiger partial charge in [-0.05, 0) is 18.2 Å². The first kappa shape index (κ1) is 9.45. The number of aliphatic hydroxyl groups excluding tert-OH is 1. The molecular weight excluding hydrogens is 196 g/mol. The molecule has 0 bridgehead atoms. The molecule has 0 saturated heterocycles. The number of rotatable bonds is 1. The molecule has 0 fully saturated rings. The molecular formula is C11H8O4. The fourth-order valence-corrected chi connectivity index (χ4v) is 1.55. The molecule has 0 saturated carbocycles. The summed E-state index contributed by atoms with van der Waals surface area (Å²) in [7, 11) is 1.48. The van der Waals surface area contributed by atoms with Gasteiger partial charge in [-0.15, -0.1) is 0 Å². The van der Waals surface area contributed by atoms with Crippen LogP contribution in [0.2, 0.25) is 0 Å². The Balaban J connectivity index is 2.63. The third-order valence-corrected chi connectivity index (χ3v) is 2.33. The zero-order chi connectivity index (χ0) is 11.0. The molecule has 1 aliphatic carbocycles. The Morgan fingerprint density at radius 1 is 1.20 bits per heavy atom. The third-order valence-electron chi connectivity index (χ3n) is 2.33. The molecule has 0 aromatic heterocycles. The van der Waals surface area contributed by atoms with E-state index in [9.17, 15) is 9.59 Å². The van der Waals surface area contributed by atoms with Gasteiger partial charge in [-0.25, -0.2) is 0 Å². The molecule has 15 heavy (non-hydrogen) atoms. The van der Waals surface area contributed by atoms with Crippen molar-refractivity contribution < 1.29 is 19.4 Å². The Labute approximate surface area is 85.8 Å². The summed E-state index contributed by atoms with van der Waals surface area (Å²) in [4.78, 5) is 23.1. The van der Waals surface area contributed by atoms with Gasteiger partial charge in [-0.3, -0.25) is 9.59 Å². The maximum absolute atomic E-state index is 11.6. The number of Topliss-reactive ketones (excluding diaryl/α,β-unsaturated/α-hetero) is 2. The second-order valence-electron chi connectivity index (χ2n) is 3.11. The van der Waals surface area contributed by atoms with E-state index in [-0.39, 0.29) is 11.1 Å². The van der Waals surface area contributed by atoms with Crippen molar-refractivity contribution in [2.75, 3.05) is 7.11 Å². The number of carbonyl (C=O) groups excluding carboxylic acids is 2. The molecule has 0 amide bonds. The van der Waals surface area contributed by atoms with E-state index in [0.717, 1.165) is 0 Å². The number of methoxy groups -OCH3 is 1. The number of benzene rings is 1. The number of aliphatic hydroxyl groups is 1. The zero-order valence-corrected chi connectivity index (χ0v) is 7.98. The first-order valence-corrected chi connectivity index (χ1v) is 4.31. The Kier molecular flexibility index (Phi) is 2.04. The number of ketones is 2. The van der Waals surface area contributed by atoms with Crippen molar-refractivity contribution in [3.05, 3.63) is 41.2 Å². The van der Waals surface area contributed by atoms with Gasteiger partial charge in [0, 0.05) is 11.1 Å². The van der Waals surface area contributed by atoms with Crippen molar-refractivity contribution in [3.63, 3.8) is 0 Å². The predicted molar refractivity (Wildman–Crippen MR) is 52.4 cm³/mol. The van der Waals surface area contributed by atoms with Crippen LogP contribution >= 0.6 is 0 Å². The third kappa shape index (κ3) is 1.22. The Bertz CT molecular complexity index is 485. The molecule has 2 rings (SSSR count). The number of hydrogen-bond acceptors (Lipinski definition) is 4. The van der Waals surface area contributed by atoms with E-state index in [1.807, 2.05) is 0 Å². The van der Waals surface area contributed by atoms with E-state index < -0.39 is 11.6 Å². The lowest BCUT2D eigenvalue weighted by atomic mass is 10.1. The van der Waals surface area contributed by atoms with Crippen LogP contribution in [0.15, 0.2) is 30.0 Å². The number of ether oxygens (including phenoxy) is 1. The van der Waals surface area contributed by atoms with Crippen molar-refractivity contribution >= 4 is 11.6 Å². The zero-order valence-electron chi connectivity index (χ0n) is 7.98. The summed E-state index contributed by atoms with van der Waals surface area (Å²) in [6.45, 7) is 0. The minimum Gasteiger partial charge on any atom is -0.515 e. The summed E-state index contributed by atoms with van der Waals surface area (Å²) < 4.78 is 4.95. The van der Waals surface area contributed by atoms with Gasteiger partial charge in [0.2, 0.25) is 11.6 Å². The Morgan fingerprint density at radius 3 is 2.47 bits per heavy atom. The summed E-state index contributed by atoms with van der Waals surface area (Å²) in [5.41, 5.74) is 0.388. The molecule has 76 valence electrons. The molecule has 1 aliphatic rings. The van der Waals surface area contributed by atoms with Crippen LogP contribution in [0.1, 0.15) is 20.7 Å². The topological polar surface area (TPSA) is 63.6 Å². The minimum atomic E-state index is -0.462. The molecule has 1 aromatic carbocycles. The Hall–Kier alpha value is -2.10. The van der Waals surface area contributed by atoms with E-state index in [4.69, 9.17) is 9.84 Å². The van der Waals surface area contributed by atoms with Crippen LogP contribution in [0.5, 0.6) is 5.75 Å². The summed E-state index contributed by atoms with van der Waals surface area (Å²) in [6.07, 6.45) is 0.553. The fourth-order valence-electron chi connectivity index (χ4n) is 1.55. The molecule has 0 heterocycles. The molecule has 1 aromatic rings. The van der Waals surface area contributed by atoms with Gasteiger partial charge < -0.3 is 9.84 Å². The van der Waals surface area contributed by atoms with Gasteiger partial charge in [0.05, 0.1) is 13.4 Å².